The molecule has 2 nitrogen and oxygen atoms in total. The lowest BCUT2D eigenvalue weighted by atomic mass is 9.84. The second-order valence-corrected chi connectivity index (χ2v) is 4.19. The van der Waals surface area contributed by atoms with E-state index in [1.54, 1.807) is 0 Å². The summed E-state index contributed by atoms with van der Waals surface area (Å²) in [7, 11) is 0. The van der Waals surface area contributed by atoms with Gasteiger partial charge < -0.3 is 5.73 Å². The summed E-state index contributed by atoms with van der Waals surface area (Å²) in [5, 5.41) is 0. The molecule has 1 aromatic heterocycles. The van der Waals surface area contributed by atoms with Crippen LogP contribution >= 0.6 is 0 Å². The fourth-order valence-corrected chi connectivity index (χ4v) is 1.14. The summed E-state index contributed by atoms with van der Waals surface area (Å²) < 4.78 is 0. The van der Waals surface area contributed by atoms with Crippen LogP contribution in [0.25, 0.3) is 0 Å². The number of nitrogens with two attached hydrogens (primary N) is 1. The van der Waals surface area contributed by atoms with Gasteiger partial charge in [-0.1, -0.05) is 13.8 Å². The third kappa shape index (κ3) is 2.81. The van der Waals surface area contributed by atoms with Gasteiger partial charge in [-0.05, 0) is 37.0 Å². The van der Waals surface area contributed by atoms with Gasteiger partial charge in [0.2, 0.25) is 0 Å². The van der Waals surface area contributed by atoms with E-state index in [2.05, 4.69) is 25.8 Å². The number of aromatic nitrogens is 1. The lowest BCUT2D eigenvalue weighted by Gasteiger charge is -2.29. The highest BCUT2D eigenvalue weighted by molar-refractivity contribution is 5.13. The number of hydrogen-bond donors (Lipinski definition) is 1. The summed E-state index contributed by atoms with van der Waals surface area (Å²) in [5.74, 6) is 0.487. The Hall–Kier alpha value is -0.890. The fraction of sp³-hybridized carbons (Fsp3) is 0.545. The molecule has 1 rings (SSSR count). The van der Waals surface area contributed by atoms with E-state index in [0.29, 0.717) is 5.92 Å². The van der Waals surface area contributed by atoms with Crippen molar-refractivity contribution in [1.82, 2.24) is 4.98 Å². The van der Waals surface area contributed by atoms with Crippen molar-refractivity contribution in [2.24, 2.45) is 11.7 Å². The molecule has 0 aliphatic rings. The quantitative estimate of drug-likeness (QED) is 0.768. The Labute approximate surface area is 80.2 Å². The molecule has 13 heavy (non-hydrogen) atoms. The van der Waals surface area contributed by atoms with Gasteiger partial charge >= 0.3 is 0 Å². The number of hydrogen-bond acceptors (Lipinski definition) is 2. The van der Waals surface area contributed by atoms with Gasteiger partial charge in [0, 0.05) is 17.9 Å². The van der Waals surface area contributed by atoms with Crippen LogP contribution < -0.4 is 5.73 Å². The maximum absolute atomic E-state index is 6.17. The molecular weight excluding hydrogens is 160 g/mol. The molecule has 72 valence electrons. The second kappa shape index (κ2) is 3.88. The van der Waals surface area contributed by atoms with Crippen molar-refractivity contribution in [1.29, 1.82) is 0 Å². The zero-order chi connectivity index (χ0) is 9.90. The van der Waals surface area contributed by atoms with E-state index in [0.717, 1.165) is 6.42 Å². The third-order valence-corrected chi connectivity index (χ3v) is 2.65. The van der Waals surface area contributed by atoms with Gasteiger partial charge in [-0.2, -0.15) is 0 Å². The van der Waals surface area contributed by atoms with Crippen LogP contribution in [0.15, 0.2) is 24.5 Å². The van der Waals surface area contributed by atoms with Crippen molar-refractivity contribution < 1.29 is 0 Å². The van der Waals surface area contributed by atoms with E-state index in [9.17, 15) is 0 Å². The standard InChI is InChI=1S/C11H18N2/c1-9(2)11(3,12)8-10-4-6-13-7-5-10/h4-7,9H,8,12H2,1-3H3. The summed E-state index contributed by atoms with van der Waals surface area (Å²) in [6.07, 6.45) is 4.53. The van der Waals surface area contributed by atoms with E-state index < -0.39 is 0 Å². The van der Waals surface area contributed by atoms with E-state index in [4.69, 9.17) is 5.73 Å². The van der Waals surface area contributed by atoms with Crippen molar-refractivity contribution in [3.63, 3.8) is 0 Å². The maximum atomic E-state index is 6.17. The van der Waals surface area contributed by atoms with Crippen LogP contribution in [-0.4, -0.2) is 10.5 Å². The first kappa shape index (κ1) is 10.2. The average Bonchev–Trinajstić information content (AvgIpc) is 2.05. The molecule has 0 amide bonds. The Kier molecular flexibility index (Phi) is 3.04. The average molecular weight is 178 g/mol. The molecule has 2 heteroatoms. The number of pyridine rings is 1. The molecule has 1 heterocycles. The fourth-order valence-electron chi connectivity index (χ4n) is 1.14. The topological polar surface area (TPSA) is 38.9 Å². The van der Waals surface area contributed by atoms with Gasteiger partial charge in [0.15, 0.2) is 0 Å². The van der Waals surface area contributed by atoms with Gasteiger partial charge in [-0.15, -0.1) is 0 Å². The molecule has 1 aromatic rings. The Morgan fingerprint density at radius 3 is 2.38 bits per heavy atom. The Balaban J connectivity index is 2.69. The Morgan fingerprint density at radius 1 is 1.38 bits per heavy atom. The molecule has 0 radical (unpaired) electrons. The predicted octanol–water partition coefficient (Wildman–Crippen LogP) is 2.00. The molecule has 0 saturated carbocycles. The largest absolute Gasteiger partial charge is 0.325 e. The Bertz CT molecular complexity index is 252. The van der Waals surface area contributed by atoms with Crippen molar-refractivity contribution in [2.45, 2.75) is 32.7 Å². The Morgan fingerprint density at radius 2 is 1.92 bits per heavy atom. The molecule has 0 aliphatic carbocycles. The van der Waals surface area contributed by atoms with Crippen LogP contribution in [0.2, 0.25) is 0 Å². The van der Waals surface area contributed by atoms with E-state index in [-0.39, 0.29) is 5.54 Å². The minimum Gasteiger partial charge on any atom is -0.325 e. The summed E-state index contributed by atoms with van der Waals surface area (Å²) in [6, 6.07) is 4.04. The molecule has 0 bridgehead atoms. The third-order valence-electron chi connectivity index (χ3n) is 2.65. The van der Waals surface area contributed by atoms with Crippen LogP contribution in [0.4, 0.5) is 0 Å². The summed E-state index contributed by atoms with van der Waals surface area (Å²) in [4.78, 5) is 3.98. The smallest absolute Gasteiger partial charge is 0.0270 e. The van der Waals surface area contributed by atoms with Gasteiger partial charge in [0.05, 0.1) is 0 Å². The first-order chi connectivity index (χ1) is 6.02. The van der Waals surface area contributed by atoms with E-state index in [1.807, 2.05) is 24.5 Å². The molecular formula is C11H18N2. The minimum absolute atomic E-state index is 0.124. The molecule has 0 fully saturated rings. The van der Waals surface area contributed by atoms with Crippen molar-refractivity contribution >= 4 is 0 Å². The van der Waals surface area contributed by atoms with E-state index in [1.165, 1.54) is 5.56 Å². The van der Waals surface area contributed by atoms with Crippen LogP contribution in [0.3, 0.4) is 0 Å². The van der Waals surface area contributed by atoms with Gasteiger partial charge in [0.1, 0.15) is 0 Å². The molecule has 0 saturated heterocycles. The first-order valence-corrected chi connectivity index (χ1v) is 4.70. The highest BCUT2D eigenvalue weighted by Gasteiger charge is 2.22. The SMILES string of the molecule is CC(C)C(C)(N)Cc1ccncc1. The summed E-state index contributed by atoms with van der Waals surface area (Å²) in [6.45, 7) is 6.40. The summed E-state index contributed by atoms with van der Waals surface area (Å²) in [5.41, 5.74) is 7.31. The molecule has 0 aromatic carbocycles. The first-order valence-electron chi connectivity index (χ1n) is 4.70. The molecule has 1 atom stereocenters. The minimum atomic E-state index is -0.124. The zero-order valence-electron chi connectivity index (χ0n) is 8.62. The normalized spacial score (nSPS) is 15.8. The van der Waals surface area contributed by atoms with Crippen LogP contribution in [-0.2, 0) is 6.42 Å². The number of nitrogens with zero attached hydrogens (tertiary/aromatic N) is 1. The molecule has 0 aliphatic heterocycles. The maximum Gasteiger partial charge on any atom is 0.0270 e. The summed E-state index contributed by atoms with van der Waals surface area (Å²) >= 11 is 0. The predicted molar refractivity (Wildman–Crippen MR) is 55.4 cm³/mol. The second-order valence-electron chi connectivity index (χ2n) is 4.19. The highest BCUT2D eigenvalue weighted by atomic mass is 14.7. The monoisotopic (exact) mass is 178 g/mol. The molecule has 0 spiro atoms. The lowest BCUT2D eigenvalue weighted by Crippen LogP contribution is -2.43. The van der Waals surface area contributed by atoms with Crippen LogP contribution in [0.1, 0.15) is 26.3 Å². The van der Waals surface area contributed by atoms with Crippen molar-refractivity contribution in [3.8, 4) is 0 Å². The van der Waals surface area contributed by atoms with Crippen LogP contribution in [0, 0.1) is 5.92 Å². The number of rotatable bonds is 3. The highest BCUT2D eigenvalue weighted by Crippen LogP contribution is 2.18. The van der Waals surface area contributed by atoms with Gasteiger partial charge in [0.25, 0.3) is 0 Å². The van der Waals surface area contributed by atoms with E-state index >= 15 is 0 Å². The van der Waals surface area contributed by atoms with Crippen molar-refractivity contribution in [2.75, 3.05) is 0 Å². The van der Waals surface area contributed by atoms with Crippen molar-refractivity contribution in [3.05, 3.63) is 30.1 Å². The van der Waals surface area contributed by atoms with Crippen LogP contribution in [0.5, 0.6) is 0 Å². The molecule has 2 N–H and O–H groups in total. The lowest BCUT2D eigenvalue weighted by molar-refractivity contribution is 0.338. The van der Waals surface area contributed by atoms with Gasteiger partial charge in [-0.3, -0.25) is 4.98 Å². The van der Waals surface area contributed by atoms with Gasteiger partial charge in [-0.25, -0.2) is 0 Å². The molecule has 1 unspecified atom stereocenters. The zero-order valence-corrected chi connectivity index (χ0v) is 8.62.